The Morgan fingerprint density at radius 1 is 1.08 bits per heavy atom. The third kappa shape index (κ3) is 5.97. The van der Waals surface area contributed by atoms with E-state index in [0.717, 1.165) is 16.8 Å². The summed E-state index contributed by atoms with van der Waals surface area (Å²) >= 11 is 5.22. The van der Waals surface area contributed by atoms with Crippen LogP contribution in [0.5, 0.6) is 0 Å². The number of amides is 2. The number of aryl methyl sites for hydroxylation is 2. The van der Waals surface area contributed by atoms with Crippen LogP contribution in [0.25, 0.3) is 0 Å². The molecule has 6 heteroatoms. The monoisotopic (exact) mass is 369 g/mol. The third-order valence-electron chi connectivity index (χ3n) is 3.85. The first-order valence-corrected chi connectivity index (χ1v) is 8.74. The maximum atomic E-state index is 12.2. The fraction of sp³-hybridized carbons (Fsp3) is 0.250. The Morgan fingerprint density at radius 3 is 2.42 bits per heavy atom. The number of nitrogens with one attached hydrogen (secondary N) is 2. The van der Waals surface area contributed by atoms with E-state index in [1.165, 1.54) is 0 Å². The largest absolute Gasteiger partial charge is 0.349 e. The Hall–Kier alpha value is -2.73. The van der Waals surface area contributed by atoms with Gasteiger partial charge in [-0.15, -0.1) is 0 Å². The van der Waals surface area contributed by atoms with Crippen molar-refractivity contribution in [2.24, 2.45) is 0 Å². The van der Waals surface area contributed by atoms with E-state index in [4.69, 9.17) is 12.2 Å². The molecule has 0 aromatic heterocycles. The molecule has 0 bridgehead atoms. The maximum Gasteiger partial charge on any atom is 0.257 e. The molecule has 0 aliphatic heterocycles. The summed E-state index contributed by atoms with van der Waals surface area (Å²) in [6.45, 7) is 1.97. The molecule has 2 aromatic carbocycles. The lowest BCUT2D eigenvalue weighted by Gasteiger charge is -2.12. The molecule has 0 heterocycles. The molecule has 0 spiro atoms. The minimum atomic E-state index is -0.254. The van der Waals surface area contributed by atoms with Crippen LogP contribution in [0.2, 0.25) is 0 Å². The highest BCUT2D eigenvalue weighted by Crippen LogP contribution is 2.13. The molecule has 0 fully saturated rings. The van der Waals surface area contributed by atoms with Crippen LogP contribution in [0.1, 0.15) is 27.9 Å². The summed E-state index contributed by atoms with van der Waals surface area (Å²) in [6.07, 6.45) is 1.10. The fourth-order valence-corrected chi connectivity index (χ4v) is 2.53. The van der Waals surface area contributed by atoms with Crippen molar-refractivity contribution in [3.8, 4) is 0 Å². The summed E-state index contributed by atoms with van der Waals surface area (Å²) in [5.41, 5.74) is 3.44. The summed E-state index contributed by atoms with van der Waals surface area (Å²) < 4.78 is 0. The zero-order valence-electron chi connectivity index (χ0n) is 15.2. The van der Waals surface area contributed by atoms with E-state index in [1.807, 2.05) is 43.3 Å². The summed E-state index contributed by atoms with van der Waals surface area (Å²) in [6, 6.07) is 14.9. The zero-order valence-corrected chi connectivity index (χ0v) is 16.0. The number of carbonyl (C=O) groups excluding carboxylic acids is 2. The molecule has 5 nitrogen and oxygen atoms in total. The van der Waals surface area contributed by atoms with Crippen LogP contribution >= 0.6 is 12.2 Å². The van der Waals surface area contributed by atoms with Crippen molar-refractivity contribution >= 4 is 34.8 Å². The van der Waals surface area contributed by atoms with Gasteiger partial charge in [0.05, 0.1) is 0 Å². The van der Waals surface area contributed by atoms with Gasteiger partial charge >= 0.3 is 0 Å². The Morgan fingerprint density at radius 2 is 1.77 bits per heavy atom. The number of hydrogen-bond donors (Lipinski definition) is 2. The van der Waals surface area contributed by atoms with Gasteiger partial charge in [-0.05, 0) is 55.4 Å². The van der Waals surface area contributed by atoms with Crippen molar-refractivity contribution in [2.45, 2.75) is 19.8 Å². The first kappa shape index (κ1) is 19.6. The molecule has 0 radical (unpaired) electrons. The lowest BCUT2D eigenvalue weighted by Crippen LogP contribution is -2.34. The van der Waals surface area contributed by atoms with Crippen LogP contribution in [0.3, 0.4) is 0 Å². The highest BCUT2D eigenvalue weighted by Gasteiger charge is 2.08. The van der Waals surface area contributed by atoms with Crippen LogP contribution in [-0.2, 0) is 11.2 Å². The smallest absolute Gasteiger partial charge is 0.257 e. The molecule has 2 amide bonds. The van der Waals surface area contributed by atoms with E-state index in [2.05, 4.69) is 10.6 Å². The van der Waals surface area contributed by atoms with E-state index >= 15 is 0 Å². The zero-order chi connectivity index (χ0) is 19.1. The van der Waals surface area contributed by atoms with Crippen LogP contribution in [-0.4, -0.2) is 35.9 Å². The van der Waals surface area contributed by atoms with Gasteiger partial charge in [-0.25, -0.2) is 0 Å². The van der Waals surface area contributed by atoms with Gasteiger partial charge in [0.1, 0.15) is 0 Å². The quantitative estimate of drug-likeness (QED) is 0.795. The van der Waals surface area contributed by atoms with Crippen molar-refractivity contribution in [3.63, 3.8) is 0 Å². The second-order valence-corrected chi connectivity index (χ2v) is 6.67. The summed E-state index contributed by atoms with van der Waals surface area (Å²) in [7, 11) is 3.49. The van der Waals surface area contributed by atoms with Gasteiger partial charge < -0.3 is 10.2 Å². The van der Waals surface area contributed by atoms with E-state index in [9.17, 15) is 9.59 Å². The first-order chi connectivity index (χ1) is 12.3. The standard InChI is InChI=1S/C20H23N3O2S/c1-14-7-10-16(11-8-14)19(25)22-20(26)21-17-6-4-5-15(13-17)9-12-18(24)23(2)3/h4-8,10-11,13H,9,12H2,1-3H3,(H2,21,22,25,26). The predicted molar refractivity (Wildman–Crippen MR) is 108 cm³/mol. The van der Waals surface area contributed by atoms with Gasteiger partial charge in [0.15, 0.2) is 5.11 Å². The molecule has 2 rings (SSSR count). The first-order valence-electron chi connectivity index (χ1n) is 8.33. The van der Waals surface area contributed by atoms with Crippen molar-refractivity contribution in [1.29, 1.82) is 0 Å². The Labute approximate surface area is 159 Å². The van der Waals surface area contributed by atoms with E-state index in [-0.39, 0.29) is 16.9 Å². The molecule has 2 aromatic rings. The van der Waals surface area contributed by atoms with Crippen LogP contribution in [0.15, 0.2) is 48.5 Å². The van der Waals surface area contributed by atoms with Crippen LogP contribution < -0.4 is 10.6 Å². The van der Waals surface area contributed by atoms with Crippen molar-refractivity contribution in [3.05, 3.63) is 65.2 Å². The van der Waals surface area contributed by atoms with E-state index in [1.54, 1.807) is 31.1 Å². The number of benzene rings is 2. The molecule has 0 aliphatic carbocycles. The van der Waals surface area contributed by atoms with Gasteiger partial charge in [-0.3, -0.25) is 14.9 Å². The van der Waals surface area contributed by atoms with Crippen molar-refractivity contribution in [1.82, 2.24) is 10.2 Å². The molecule has 2 N–H and O–H groups in total. The van der Waals surface area contributed by atoms with Crippen molar-refractivity contribution in [2.75, 3.05) is 19.4 Å². The van der Waals surface area contributed by atoms with Crippen molar-refractivity contribution < 1.29 is 9.59 Å². The molecule has 0 saturated carbocycles. The third-order valence-corrected chi connectivity index (χ3v) is 4.06. The van der Waals surface area contributed by atoms with E-state index in [0.29, 0.717) is 18.4 Å². The molecule has 136 valence electrons. The lowest BCUT2D eigenvalue weighted by molar-refractivity contribution is -0.128. The molecular formula is C20H23N3O2S. The van der Waals surface area contributed by atoms with Gasteiger partial charge in [0, 0.05) is 31.8 Å². The van der Waals surface area contributed by atoms with Gasteiger partial charge in [0.2, 0.25) is 5.91 Å². The molecule has 26 heavy (non-hydrogen) atoms. The second-order valence-electron chi connectivity index (χ2n) is 6.26. The number of anilines is 1. The molecule has 0 aliphatic rings. The normalized spacial score (nSPS) is 10.1. The average molecular weight is 369 g/mol. The number of nitrogens with zero attached hydrogens (tertiary/aromatic N) is 1. The number of thiocarbonyl (C=S) groups is 1. The van der Waals surface area contributed by atoms with Crippen LogP contribution in [0.4, 0.5) is 5.69 Å². The molecular weight excluding hydrogens is 346 g/mol. The minimum Gasteiger partial charge on any atom is -0.349 e. The number of carbonyl (C=O) groups is 2. The summed E-state index contributed by atoms with van der Waals surface area (Å²) in [4.78, 5) is 25.5. The Balaban J connectivity index is 1.92. The van der Waals surface area contributed by atoms with Crippen LogP contribution in [0, 0.1) is 6.92 Å². The fourth-order valence-electron chi connectivity index (χ4n) is 2.32. The highest BCUT2D eigenvalue weighted by molar-refractivity contribution is 7.80. The van der Waals surface area contributed by atoms with Gasteiger partial charge in [-0.1, -0.05) is 29.8 Å². The topological polar surface area (TPSA) is 61.4 Å². The minimum absolute atomic E-state index is 0.0873. The number of rotatable bonds is 5. The SMILES string of the molecule is Cc1ccc(C(=O)NC(=S)Nc2cccc(CCC(=O)N(C)C)c2)cc1. The van der Waals surface area contributed by atoms with Gasteiger partial charge in [-0.2, -0.15) is 0 Å². The molecule has 0 atom stereocenters. The van der Waals surface area contributed by atoms with E-state index < -0.39 is 0 Å². The summed E-state index contributed by atoms with van der Waals surface area (Å²) in [5.74, 6) is -0.167. The summed E-state index contributed by atoms with van der Waals surface area (Å²) in [5, 5.41) is 5.91. The van der Waals surface area contributed by atoms with Gasteiger partial charge in [0.25, 0.3) is 5.91 Å². The molecule has 0 saturated heterocycles. The second kappa shape index (κ2) is 9.10. The highest BCUT2D eigenvalue weighted by atomic mass is 32.1. The molecule has 0 unspecified atom stereocenters. The predicted octanol–water partition coefficient (Wildman–Crippen LogP) is 3.14. The Bertz CT molecular complexity index is 801. The average Bonchev–Trinajstić information content (AvgIpc) is 2.60. The lowest BCUT2D eigenvalue weighted by atomic mass is 10.1. The maximum absolute atomic E-state index is 12.2. The number of hydrogen-bond acceptors (Lipinski definition) is 3. The Kier molecular flexibility index (Phi) is 6.86.